The highest BCUT2D eigenvalue weighted by Crippen LogP contribution is 2.37. The van der Waals surface area contributed by atoms with Gasteiger partial charge >= 0.3 is 0 Å². The molecular weight excluding hydrogens is 332 g/mol. The van der Waals surface area contributed by atoms with Crippen molar-refractivity contribution in [3.63, 3.8) is 0 Å². The van der Waals surface area contributed by atoms with Crippen molar-refractivity contribution in [2.45, 2.75) is 9.79 Å². The molecule has 2 aromatic carbocycles. The number of nitrogens with zero attached hydrogens (tertiary/aromatic N) is 2. The molecule has 0 fully saturated rings. The smallest absolute Gasteiger partial charge is 0.284 e. The second-order valence-corrected chi connectivity index (χ2v) is 6.40. The van der Waals surface area contributed by atoms with Crippen molar-refractivity contribution in [2.24, 2.45) is 7.05 Å². The van der Waals surface area contributed by atoms with Crippen LogP contribution in [0.2, 0.25) is 5.02 Å². The summed E-state index contributed by atoms with van der Waals surface area (Å²) in [6.07, 6.45) is 0. The molecule has 0 saturated carbocycles. The van der Waals surface area contributed by atoms with Crippen LogP contribution in [0.4, 0.5) is 0 Å². The van der Waals surface area contributed by atoms with Gasteiger partial charge in [0.2, 0.25) is 0 Å². The predicted molar refractivity (Wildman–Crippen MR) is 92.2 cm³/mol. The lowest BCUT2D eigenvalue weighted by Gasteiger charge is -2.10. The fourth-order valence-corrected chi connectivity index (χ4v) is 3.15. The van der Waals surface area contributed by atoms with Crippen molar-refractivity contribution in [3.8, 4) is 17.0 Å². The summed E-state index contributed by atoms with van der Waals surface area (Å²) in [5.74, 6) is -0.112. The van der Waals surface area contributed by atoms with Crippen LogP contribution < -0.4 is 5.56 Å². The molecule has 116 valence electrons. The molecule has 3 aromatic rings. The van der Waals surface area contributed by atoms with E-state index >= 15 is 0 Å². The van der Waals surface area contributed by atoms with E-state index in [9.17, 15) is 9.90 Å². The predicted octanol–water partition coefficient (Wildman–Crippen LogP) is 3.96. The molecular formula is C17H13ClN2O2S. The summed E-state index contributed by atoms with van der Waals surface area (Å²) < 4.78 is 1.24. The van der Waals surface area contributed by atoms with Crippen LogP contribution in [0, 0.1) is 0 Å². The quantitative estimate of drug-likeness (QED) is 0.781. The molecule has 6 heteroatoms. The summed E-state index contributed by atoms with van der Waals surface area (Å²) in [4.78, 5) is 13.4. The van der Waals surface area contributed by atoms with Crippen molar-refractivity contribution < 1.29 is 5.11 Å². The zero-order valence-corrected chi connectivity index (χ0v) is 13.8. The third-order valence-corrected chi connectivity index (χ3v) is 4.59. The molecule has 0 amide bonds. The first-order valence-electron chi connectivity index (χ1n) is 6.85. The number of aryl methyl sites for hydroxylation is 1. The first-order valence-corrected chi connectivity index (χ1v) is 8.05. The Morgan fingerprint density at radius 2 is 1.74 bits per heavy atom. The molecule has 3 rings (SSSR count). The van der Waals surface area contributed by atoms with Gasteiger partial charge in [-0.1, -0.05) is 53.7 Å². The minimum atomic E-state index is -0.345. The number of aromatic hydroxyl groups is 1. The minimum absolute atomic E-state index is 0.112. The standard InChI is InChI=1S/C17H13ClN2O2S/c1-20-17(22)16(23-13-9-7-12(18)8-10-13)15(21)14(19-20)11-5-3-2-4-6-11/h2-10,21H,1H3. The van der Waals surface area contributed by atoms with Crippen LogP contribution in [0.3, 0.4) is 0 Å². The molecule has 0 aliphatic rings. The molecule has 0 unspecified atom stereocenters. The Morgan fingerprint density at radius 1 is 1.09 bits per heavy atom. The Labute approximate surface area is 142 Å². The number of hydrogen-bond acceptors (Lipinski definition) is 4. The van der Waals surface area contributed by atoms with Crippen LogP contribution in [-0.4, -0.2) is 14.9 Å². The summed E-state index contributed by atoms with van der Waals surface area (Å²) in [6, 6.07) is 16.3. The molecule has 1 heterocycles. The molecule has 0 atom stereocenters. The maximum absolute atomic E-state index is 12.3. The Hall–Kier alpha value is -2.24. The van der Waals surface area contributed by atoms with Crippen LogP contribution in [0.25, 0.3) is 11.3 Å². The van der Waals surface area contributed by atoms with Crippen molar-refractivity contribution >= 4 is 23.4 Å². The molecule has 0 radical (unpaired) electrons. The van der Waals surface area contributed by atoms with Gasteiger partial charge in [0, 0.05) is 22.5 Å². The highest BCUT2D eigenvalue weighted by atomic mass is 35.5. The molecule has 23 heavy (non-hydrogen) atoms. The molecule has 0 aliphatic heterocycles. The summed E-state index contributed by atoms with van der Waals surface area (Å²) in [5.41, 5.74) is 0.782. The summed E-state index contributed by atoms with van der Waals surface area (Å²) >= 11 is 7.06. The fourth-order valence-electron chi connectivity index (χ4n) is 2.10. The van der Waals surface area contributed by atoms with E-state index in [0.717, 1.165) is 10.5 Å². The van der Waals surface area contributed by atoms with Gasteiger partial charge in [0.25, 0.3) is 5.56 Å². The second-order valence-electron chi connectivity index (χ2n) is 4.88. The van der Waals surface area contributed by atoms with Crippen molar-refractivity contribution in [2.75, 3.05) is 0 Å². The number of halogens is 1. The lowest BCUT2D eigenvalue weighted by Crippen LogP contribution is -2.21. The highest BCUT2D eigenvalue weighted by molar-refractivity contribution is 7.99. The summed E-state index contributed by atoms with van der Waals surface area (Å²) in [7, 11) is 1.57. The van der Waals surface area contributed by atoms with E-state index in [1.165, 1.54) is 16.4 Å². The van der Waals surface area contributed by atoms with E-state index in [1.807, 2.05) is 30.3 Å². The van der Waals surface area contributed by atoms with Gasteiger partial charge in [-0.05, 0) is 24.3 Å². The van der Waals surface area contributed by atoms with Crippen molar-refractivity contribution in [3.05, 3.63) is 70.0 Å². The average molecular weight is 345 g/mol. The first kappa shape index (κ1) is 15.6. The lowest BCUT2D eigenvalue weighted by atomic mass is 10.1. The highest BCUT2D eigenvalue weighted by Gasteiger charge is 2.18. The van der Waals surface area contributed by atoms with Gasteiger partial charge in [-0.2, -0.15) is 5.10 Å². The summed E-state index contributed by atoms with van der Waals surface area (Å²) in [6.45, 7) is 0. The topological polar surface area (TPSA) is 55.1 Å². The van der Waals surface area contributed by atoms with Gasteiger partial charge in [0.15, 0.2) is 5.75 Å². The van der Waals surface area contributed by atoms with Gasteiger partial charge in [-0.15, -0.1) is 0 Å². The third kappa shape index (κ3) is 3.25. The summed E-state index contributed by atoms with van der Waals surface area (Å²) in [5, 5.41) is 15.3. The molecule has 0 saturated heterocycles. The number of aromatic nitrogens is 2. The van der Waals surface area contributed by atoms with E-state index in [0.29, 0.717) is 10.7 Å². The van der Waals surface area contributed by atoms with Crippen molar-refractivity contribution in [1.82, 2.24) is 9.78 Å². The van der Waals surface area contributed by atoms with Crippen LogP contribution in [0.15, 0.2) is 69.2 Å². The fraction of sp³-hybridized carbons (Fsp3) is 0.0588. The number of hydrogen-bond donors (Lipinski definition) is 1. The first-order chi connectivity index (χ1) is 11.1. The molecule has 1 N–H and O–H groups in total. The Kier molecular flexibility index (Phi) is 4.41. The average Bonchev–Trinajstić information content (AvgIpc) is 2.57. The largest absolute Gasteiger partial charge is 0.504 e. The monoisotopic (exact) mass is 344 g/mol. The van der Waals surface area contributed by atoms with E-state index in [-0.39, 0.29) is 16.2 Å². The van der Waals surface area contributed by atoms with Crippen LogP contribution in [-0.2, 0) is 7.05 Å². The zero-order chi connectivity index (χ0) is 16.4. The Balaban J connectivity index is 2.11. The van der Waals surface area contributed by atoms with E-state index in [4.69, 9.17) is 11.6 Å². The normalized spacial score (nSPS) is 10.7. The lowest BCUT2D eigenvalue weighted by molar-refractivity contribution is 0.451. The zero-order valence-electron chi connectivity index (χ0n) is 12.2. The van der Waals surface area contributed by atoms with E-state index < -0.39 is 0 Å². The maximum Gasteiger partial charge on any atom is 0.284 e. The van der Waals surface area contributed by atoms with Crippen molar-refractivity contribution in [1.29, 1.82) is 0 Å². The third-order valence-electron chi connectivity index (χ3n) is 3.26. The van der Waals surface area contributed by atoms with E-state index in [1.54, 1.807) is 31.3 Å². The molecule has 0 bridgehead atoms. The van der Waals surface area contributed by atoms with Gasteiger partial charge in [0.05, 0.1) is 0 Å². The second kappa shape index (κ2) is 6.48. The molecule has 0 aliphatic carbocycles. The van der Waals surface area contributed by atoms with E-state index in [2.05, 4.69) is 5.10 Å². The molecule has 0 spiro atoms. The van der Waals surface area contributed by atoms with Gasteiger partial charge in [0.1, 0.15) is 10.6 Å². The van der Waals surface area contributed by atoms with Crippen LogP contribution >= 0.6 is 23.4 Å². The Bertz CT molecular complexity index is 893. The Morgan fingerprint density at radius 3 is 2.39 bits per heavy atom. The van der Waals surface area contributed by atoms with Crippen LogP contribution in [0.5, 0.6) is 5.75 Å². The van der Waals surface area contributed by atoms with Gasteiger partial charge in [-0.25, -0.2) is 4.68 Å². The van der Waals surface area contributed by atoms with Gasteiger partial charge < -0.3 is 5.11 Å². The number of benzene rings is 2. The number of rotatable bonds is 3. The van der Waals surface area contributed by atoms with Crippen LogP contribution in [0.1, 0.15) is 0 Å². The van der Waals surface area contributed by atoms with Gasteiger partial charge in [-0.3, -0.25) is 4.79 Å². The molecule has 1 aromatic heterocycles. The minimum Gasteiger partial charge on any atom is -0.504 e. The molecule has 4 nitrogen and oxygen atoms in total. The SMILES string of the molecule is Cn1nc(-c2ccccc2)c(O)c(Sc2ccc(Cl)cc2)c1=O. The maximum atomic E-state index is 12.3.